The third-order valence-corrected chi connectivity index (χ3v) is 6.24. The summed E-state index contributed by atoms with van der Waals surface area (Å²) in [6, 6.07) is 12.8. The van der Waals surface area contributed by atoms with Gasteiger partial charge in [-0.2, -0.15) is 4.31 Å². The molecule has 8 heteroatoms. The fraction of sp³-hybridized carbons (Fsp3) is 0.278. The van der Waals surface area contributed by atoms with E-state index in [0.29, 0.717) is 5.69 Å². The topological polar surface area (TPSA) is 90.0 Å². The number of phenols is 1. The number of para-hydroxylation sites is 2. The van der Waals surface area contributed by atoms with Gasteiger partial charge < -0.3 is 15.3 Å². The quantitative estimate of drug-likeness (QED) is 0.805. The minimum atomic E-state index is -3.56. The van der Waals surface area contributed by atoms with Crippen LogP contribution in [0.5, 0.6) is 5.75 Å². The van der Waals surface area contributed by atoms with Crippen molar-refractivity contribution >= 4 is 21.7 Å². The Morgan fingerprint density at radius 2 is 1.62 bits per heavy atom. The van der Waals surface area contributed by atoms with Gasteiger partial charge in [0.1, 0.15) is 5.75 Å². The summed E-state index contributed by atoms with van der Waals surface area (Å²) in [5.41, 5.74) is 1.32. The molecular formula is C18H21N3O4S. The summed E-state index contributed by atoms with van der Waals surface area (Å²) in [5, 5.41) is 12.4. The van der Waals surface area contributed by atoms with E-state index in [2.05, 4.69) is 5.32 Å². The number of urea groups is 1. The Morgan fingerprint density at radius 1 is 1.00 bits per heavy atom. The number of sulfonamides is 1. The van der Waals surface area contributed by atoms with Crippen molar-refractivity contribution < 1.29 is 18.3 Å². The van der Waals surface area contributed by atoms with E-state index in [4.69, 9.17) is 0 Å². The number of phenolic OH excluding ortho intramolecular Hbond substituents is 1. The van der Waals surface area contributed by atoms with Crippen molar-refractivity contribution in [2.75, 3.05) is 31.5 Å². The van der Waals surface area contributed by atoms with Crippen LogP contribution in [0, 0.1) is 6.92 Å². The Balaban J connectivity index is 1.62. The van der Waals surface area contributed by atoms with Crippen molar-refractivity contribution in [2.45, 2.75) is 11.8 Å². The molecule has 1 saturated heterocycles. The average molecular weight is 375 g/mol. The third-order valence-electron chi connectivity index (χ3n) is 4.33. The minimum absolute atomic E-state index is 0.0126. The SMILES string of the molecule is Cc1ccc(S(=O)(=O)N2CCN(C(=O)Nc3ccccc3O)CC2)cc1. The summed E-state index contributed by atoms with van der Waals surface area (Å²) >= 11 is 0. The van der Waals surface area contributed by atoms with Crippen molar-refractivity contribution in [3.8, 4) is 5.75 Å². The lowest BCUT2D eigenvalue weighted by atomic mass is 10.2. The highest BCUT2D eigenvalue weighted by molar-refractivity contribution is 7.89. The Bertz CT molecular complexity index is 889. The number of piperazine rings is 1. The molecule has 138 valence electrons. The molecule has 2 N–H and O–H groups in total. The molecule has 1 aliphatic heterocycles. The summed E-state index contributed by atoms with van der Waals surface area (Å²) in [7, 11) is -3.56. The molecule has 0 saturated carbocycles. The lowest BCUT2D eigenvalue weighted by molar-refractivity contribution is 0.184. The molecule has 1 heterocycles. The van der Waals surface area contributed by atoms with Crippen LogP contribution in [0.3, 0.4) is 0 Å². The maximum Gasteiger partial charge on any atom is 0.322 e. The molecule has 2 aromatic carbocycles. The zero-order valence-electron chi connectivity index (χ0n) is 14.4. The molecule has 7 nitrogen and oxygen atoms in total. The first-order valence-corrected chi connectivity index (χ1v) is 9.73. The highest BCUT2D eigenvalue weighted by atomic mass is 32.2. The van der Waals surface area contributed by atoms with Gasteiger partial charge in [-0.15, -0.1) is 0 Å². The van der Waals surface area contributed by atoms with Crippen LogP contribution >= 0.6 is 0 Å². The number of benzene rings is 2. The smallest absolute Gasteiger partial charge is 0.322 e. The standard InChI is InChI=1S/C18H21N3O4S/c1-14-6-8-15(9-7-14)26(24,25)21-12-10-20(11-13-21)18(23)19-16-4-2-3-5-17(16)22/h2-9,22H,10-13H2,1H3,(H,19,23). The van der Waals surface area contributed by atoms with Gasteiger partial charge in [-0.25, -0.2) is 13.2 Å². The Morgan fingerprint density at radius 3 is 2.23 bits per heavy atom. The van der Waals surface area contributed by atoms with Crippen LogP contribution in [0.4, 0.5) is 10.5 Å². The monoisotopic (exact) mass is 375 g/mol. The molecular weight excluding hydrogens is 354 g/mol. The summed E-state index contributed by atoms with van der Waals surface area (Å²) in [5.74, 6) is -0.0126. The normalized spacial score (nSPS) is 15.7. The number of amides is 2. The maximum atomic E-state index is 12.7. The van der Waals surface area contributed by atoms with E-state index in [1.54, 1.807) is 42.5 Å². The number of carbonyl (C=O) groups is 1. The molecule has 2 amide bonds. The van der Waals surface area contributed by atoms with E-state index in [-0.39, 0.29) is 42.9 Å². The van der Waals surface area contributed by atoms with Gasteiger partial charge in [0, 0.05) is 26.2 Å². The van der Waals surface area contributed by atoms with E-state index in [9.17, 15) is 18.3 Å². The lowest BCUT2D eigenvalue weighted by Gasteiger charge is -2.34. The van der Waals surface area contributed by atoms with Gasteiger partial charge >= 0.3 is 6.03 Å². The lowest BCUT2D eigenvalue weighted by Crippen LogP contribution is -2.51. The van der Waals surface area contributed by atoms with E-state index in [1.807, 2.05) is 6.92 Å². The molecule has 0 unspecified atom stereocenters. The van der Waals surface area contributed by atoms with Gasteiger partial charge in [0.2, 0.25) is 10.0 Å². The van der Waals surface area contributed by atoms with Crippen LogP contribution in [-0.2, 0) is 10.0 Å². The maximum absolute atomic E-state index is 12.7. The molecule has 1 aliphatic rings. The molecule has 1 fully saturated rings. The fourth-order valence-corrected chi connectivity index (χ4v) is 4.19. The zero-order chi connectivity index (χ0) is 18.7. The van der Waals surface area contributed by atoms with Crippen molar-refractivity contribution in [1.29, 1.82) is 0 Å². The molecule has 0 radical (unpaired) electrons. The summed E-state index contributed by atoms with van der Waals surface area (Å²) in [6.07, 6.45) is 0. The van der Waals surface area contributed by atoms with Gasteiger partial charge in [0.05, 0.1) is 10.6 Å². The van der Waals surface area contributed by atoms with Crippen molar-refractivity contribution in [1.82, 2.24) is 9.21 Å². The Labute approximate surface area is 152 Å². The molecule has 0 aliphatic carbocycles. The van der Waals surface area contributed by atoms with Crippen LogP contribution in [0.25, 0.3) is 0 Å². The Kier molecular flexibility index (Phi) is 5.15. The summed E-state index contributed by atoms with van der Waals surface area (Å²) < 4.78 is 26.8. The molecule has 0 bridgehead atoms. The van der Waals surface area contributed by atoms with Crippen LogP contribution in [0.2, 0.25) is 0 Å². The number of aryl methyl sites for hydroxylation is 1. The van der Waals surface area contributed by atoms with E-state index < -0.39 is 10.0 Å². The largest absolute Gasteiger partial charge is 0.506 e. The number of hydrogen-bond acceptors (Lipinski definition) is 4. The van der Waals surface area contributed by atoms with Crippen LogP contribution < -0.4 is 5.32 Å². The van der Waals surface area contributed by atoms with Crippen LogP contribution in [0.15, 0.2) is 53.4 Å². The predicted octanol–water partition coefficient (Wildman–Crippen LogP) is 2.24. The highest BCUT2D eigenvalue weighted by Gasteiger charge is 2.30. The first kappa shape index (κ1) is 18.2. The second-order valence-electron chi connectivity index (χ2n) is 6.15. The average Bonchev–Trinajstić information content (AvgIpc) is 2.64. The first-order chi connectivity index (χ1) is 12.4. The van der Waals surface area contributed by atoms with Crippen LogP contribution in [-0.4, -0.2) is 54.9 Å². The fourth-order valence-electron chi connectivity index (χ4n) is 2.76. The van der Waals surface area contributed by atoms with Gasteiger partial charge in [0.25, 0.3) is 0 Å². The molecule has 0 aromatic heterocycles. The Hall–Kier alpha value is -2.58. The van der Waals surface area contributed by atoms with Gasteiger partial charge in [0.15, 0.2) is 0 Å². The molecule has 2 aromatic rings. The number of anilines is 1. The first-order valence-electron chi connectivity index (χ1n) is 8.28. The van der Waals surface area contributed by atoms with Crippen LogP contribution in [0.1, 0.15) is 5.56 Å². The molecule has 26 heavy (non-hydrogen) atoms. The van der Waals surface area contributed by atoms with Crippen molar-refractivity contribution in [2.24, 2.45) is 0 Å². The second-order valence-corrected chi connectivity index (χ2v) is 8.09. The number of carbonyl (C=O) groups excluding carboxylic acids is 1. The molecule has 0 atom stereocenters. The predicted molar refractivity (Wildman–Crippen MR) is 98.6 cm³/mol. The van der Waals surface area contributed by atoms with E-state index in [1.165, 1.54) is 15.3 Å². The summed E-state index contributed by atoms with van der Waals surface area (Å²) in [6.45, 7) is 2.92. The number of rotatable bonds is 3. The van der Waals surface area contributed by atoms with Crippen molar-refractivity contribution in [3.05, 3.63) is 54.1 Å². The van der Waals surface area contributed by atoms with Gasteiger partial charge in [-0.1, -0.05) is 29.8 Å². The molecule has 0 spiro atoms. The number of nitrogens with zero attached hydrogens (tertiary/aromatic N) is 2. The van der Waals surface area contributed by atoms with Gasteiger partial charge in [-0.3, -0.25) is 0 Å². The number of nitrogens with one attached hydrogen (secondary N) is 1. The number of aromatic hydroxyl groups is 1. The zero-order valence-corrected chi connectivity index (χ0v) is 15.2. The van der Waals surface area contributed by atoms with E-state index in [0.717, 1.165) is 5.56 Å². The second kappa shape index (κ2) is 7.35. The van der Waals surface area contributed by atoms with E-state index >= 15 is 0 Å². The summed E-state index contributed by atoms with van der Waals surface area (Å²) in [4.78, 5) is 14.1. The third kappa shape index (κ3) is 3.81. The van der Waals surface area contributed by atoms with Crippen molar-refractivity contribution in [3.63, 3.8) is 0 Å². The van der Waals surface area contributed by atoms with Gasteiger partial charge in [-0.05, 0) is 31.2 Å². The molecule has 3 rings (SSSR count). The number of hydrogen-bond donors (Lipinski definition) is 2. The highest BCUT2D eigenvalue weighted by Crippen LogP contribution is 2.23. The minimum Gasteiger partial charge on any atom is -0.506 e.